The molecule has 4 rings (SSSR count). The topological polar surface area (TPSA) is 36.9 Å². The van der Waals surface area contributed by atoms with Crippen LogP contribution in [0.15, 0.2) is 117 Å². The Morgan fingerprint density at radius 3 is 1.20 bits per heavy atom. The van der Waals surface area contributed by atoms with E-state index in [0.717, 1.165) is 72.3 Å². The molecule has 0 atom stereocenters. The lowest BCUT2D eigenvalue weighted by molar-refractivity contribution is -0.193. The molecule has 0 bridgehead atoms. The largest absolute Gasteiger partial charge is 0.343 e. The van der Waals surface area contributed by atoms with Gasteiger partial charge in [-0.25, -0.2) is 0 Å². The van der Waals surface area contributed by atoms with Crippen molar-refractivity contribution in [1.82, 2.24) is 0 Å². The smallest absolute Gasteiger partial charge is 0.222 e. The Morgan fingerprint density at radius 1 is 0.389 bits per heavy atom. The summed E-state index contributed by atoms with van der Waals surface area (Å²) in [6.45, 7) is 11.5. The fraction of sp³-hybridized carbons (Fsp3) is 0.542. The zero-order valence-electron chi connectivity index (χ0n) is 33.8. The van der Waals surface area contributed by atoms with Gasteiger partial charge < -0.3 is 18.9 Å². The van der Waals surface area contributed by atoms with Crippen LogP contribution in [-0.4, -0.2) is 38.0 Å². The maximum atomic E-state index is 7.10. The Balaban J connectivity index is 1.84. The minimum Gasteiger partial charge on any atom is -0.343 e. The Labute approximate surface area is 337 Å². The van der Waals surface area contributed by atoms with Gasteiger partial charge in [-0.3, -0.25) is 0 Å². The summed E-state index contributed by atoms with van der Waals surface area (Å²) in [7, 11) is 0. The van der Waals surface area contributed by atoms with Crippen LogP contribution in [0.25, 0.3) is 5.57 Å². The molecule has 0 aliphatic heterocycles. The first-order valence-electron chi connectivity index (χ1n) is 21.2. The zero-order valence-corrected chi connectivity index (χ0v) is 35.5. The summed E-state index contributed by atoms with van der Waals surface area (Å²) in [5, 5.41) is 0. The normalized spacial score (nSPS) is 14.9. The van der Waals surface area contributed by atoms with E-state index in [-0.39, 0.29) is 0 Å². The molecule has 0 fully saturated rings. The molecule has 0 radical (unpaired) electrons. The van der Waals surface area contributed by atoms with Crippen LogP contribution >= 0.6 is 23.5 Å². The third-order valence-electron chi connectivity index (χ3n) is 9.75. The highest BCUT2D eigenvalue weighted by Crippen LogP contribution is 2.50. The summed E-state index contributed by atoms with van der Waals surface area (Å²) in [5.74, 6) is -2.17. The number of thioether (sulfide) groups is 1. The van der Waals surface area contributed by atoms with Gasteiger partial charge in [-0.05, 0) is 79.8 Å². The number of unbranched alkanes of at least 4 members (excludes halogenated alkanes) is 12. The maximum Gasteiger partial charge on any atom is 0.222 e. The van der Waals surface area contributed by atoms with Gasteiger partial charge in [0, 0.05) is 20.3 Å². The van der Waals surface area contributed by atoms with Crippen LogP contribution < -0.4 is 0 Å². The third-order valence-corrected chi connectivity index (χ3v) is 11.9. The lowest BCUT2D eigenvalue weighted by Crippen LogP contribution is -2.46. The summed E-state index contributed by atoms with van der Waals surface area (Å²) in [6.07, 6.45) is 22.5. The van der Waals surface area contributed by atoms with Gasteiger partial charge in [-0.2, -0.15) is 0 Å². The Morgan fingerprint density at radius 2 is 0.778 bits per heavy atom. The summed E-state index contributed by atoms with van der Waals surface area (Å²) in [6, 6.07) is 30.1. The average Bonchev–Trinajstić information content (AvgIpc) is 3.20. The second-order valence-corrected chi connectivity index (χ2v) is 16.7. The molecule has 1 aliphatic rings. The molecule has 0 N–H and O–H groups in total. The standard InChI is InChI=1S/C48H68O4S2/c1-5-9-13-23-35-49-47(50-36-24-14-10-6-2)40-46(54-43-29-21-18-22-30-43)48(51-37-25-15-11-7-3,52-38-26-16-12-8-4)39-45(47)41-31-33-44(34-32-41)53-42-27-19-17-20-28-42/h17-22,27-34,39-40H,5-16,23-26,35-38H2,1-4H3. The first-order valence-corrected chi connectivity index (χ1v) is 22.8. The molecule has 0 amide bonds. The SMILES string of the molecule is CCCCCCOC1(OCCCCCC)C=C(c2ccc(Sc3ccccc3)cc2)C(OCCCCCC)(OCCCCCC)C=C1Sc1ccccc1. The summed E-state index contributed by atoms with van der Waals surface area (Å²) < 4.78 is 28.3. The molecule has 54 heavy (non-hydrogen) atoms. The molecule has 0 aromatic heterocycles. The molecular formula is C48H68O4S2. The predicted octanol–water partition coefficient (Wildman–Crippen LogP) is 14.7. The van der Waals surface area contributed by atoms with E-state index in [1.807, 2.05) is 0 Å². The van der Waals surface area contributed by atoms with E-state index in [2.05, 4.69) is 125 Å². The number of hydrogen-bond acceptors (Lipinski definition) is 6. The Bertz CT molecular complexity index is 1440. The molecule has 0 spiro atoms. The van der Waals surface area contributed by atoms with E-state index in [1.165, 1.54) is 61.2 Å². The first kappa shape index (κ1) is 44.4. The van der Waals surface area contributed by atoms with Crippen molar-refractivity contribution < 1.29 is 18.9 Å². The van der Waals surface area contributed by atoms with Crippen molar-refractivity contribution in [3.63, 3.8) is 0 Å². The van der Waals surface area contributed by atoms with Crippen LogP contribution in [0.2, 0.25) is 0 Å². The van der Waals surface area contributed by atoms with Gasteiger partial charge in [0.05, 0.1) is 31.3 Å². The highest BCUT2D eigenvalue weighted by atomic mass is 32.2. The van der Waals surface area contributed by atoms with Gasteiger partial charge in [0.2, 0.25) is 11.6 Å². The molecular weight excluding hydrogens is 705 g/mol. The highest BCUT2D eigenvalue weighted by Gasteiger charge is 2.48. The van der Waals surface area contributed by atoms with E-state index in [0.29, 0.717) is 26.4 Å². The second-order valence-electron chi connectivity index (χ2n) is 14.4. The first-order chi connectivity index (χ1) is 26.6. The zero-order chi connectivity index (χ0) is 38.2. The van der Waals surface area contributed by atoms with Crippen LogP contribution in [-0.2, 0) is 18.9 Å². The van der Waals surface area contributed by atoms with Gasteiger partial charge in [-0.1, -0.05) is 177 Å². The van der Waals surface area contributed by atoms with Gasteiger partial charge >= 0.3 is 0 Å². The van der Waals surface area contributed by atoms with Crippen molar-refractivity contribution in [2.75, 3.05) is 26.4 Å². The van der Waals surface area contributed by atoms with Gasteiger partial charge in [-0.15, -0.1) is 0 Å². The molecule has 1 aliphatic carbocycles. The van der Waals surface area contributed by atoms with E-state index in [1.54, 1.807) is 23.5 Å². The predicted molar refractivity (Wildman–Crippen MR) is 231 cm³/mol. The molecule has 6 heteroatoms. The fourth-order valence-electron chi connectivity index (χ4n) is 6.60. The van der Waals surface area contributed by atoms with Gasteiger partial charge in [0.25, 0.3) is 0 Å². The number of rotatable bonds is 29. The quantitative estimate of drug-likeness (QED) is 0.0517. The minimum atomic E-state index is -1.09. The molecule has 296 valence electrons. The summed E-state index contributed by atoms with van der Waals surface area (Å²) >= 11 is 3.48. The lowest BCUT2D eigenvalue weighted by Gasteiger charge is -2.43. The van der Waals surface area contributed by atoms with E-state index < -0.39 is 11.6 Å². The number of ether oxygens (including phenoxy) is 4. The van der Waals surface area contributed by atoms with Crippen molar-refractivity contribution in [1.29, 1.82) is 0 Å². The van der Waals surface area contributed by atoms with Crippen LogP contribution in [0.1, 0.15) is 136 Å². The van der Waals surface area contributed by atoms with Crippen LogP contribution in [0.5, 0.6) is 0 Å². The minimum absolute atomic E-state index is 0.608. The summed E-state index contributed by atoms with van der Waals surface area (Å²) in [5.41, 5.74) is 2.02. The van der Waals surface area contributed by atoms with E-state index >= 15 is 0 Å². The van der Waals surface area contributed by atoms with Crippen molar-refractivity contribution in [2.45, 2.75) is 157 Å². The van der Waals surface area contributed by atoms with E-state index in [4.69, 9.17) is 18.9 Å². The van der Waals surface area contributed by atoms with Crippen LogP contribution in [0.4, 0.5) is 0 Å². The maximum absolute atomic E-state index is 7.10. The number of benzene rings is 3. The Hall–Kier alpha value is -2.32. The molecule has 3 aromatic carbocycles. The molecule has 0 saturated heterocycles. The number of hydrogen-bond donors (Lipinski definition) is 0. The Kier molecular flexibility index (Phi) is 21.2. The van der Waals surface area contributed by atoms with E-state index in [9.17, 15) is 0 Å². The monoisotopic (exact) mass is 772 g/mol. The molecule has 3 aromatic rings. The van der Waals surface area contributed by atoms with Crippen molar-refractivity contribution >= 4 is 29.1 Å². The van der Waals surface area contributed by atoms with Crippen molar-refractivity contribution in [2.24, 2.45) is 0 Å². The van der Waals surface area contributed by atoms with Gasteiger partial charge in [0.15, 0.2) is 0 Å². The summed E-state index contributed by atoms with van der Waals surface area (Å²) in [4.78, 5) is 4.52. The average molecular weight is 773 g/mol. The van der Waals surface area contributed by atoms with Crippen LogP contribution in [0.3, 0.4) is 0 Å². The molecule has 0 unspecified atom stereocenters. The van der Waals surface area contributed by atoms with Crippen molar-refractivity contribution in [3.8, 4) is 0 Å². The molecule has 0 heterocycles. The molecule has 0 saturated carbocycles. The second kappa shape index (κ2) is 25.8. The van der Waals surface area contributed by atoms with Gasteiger partial charge in [0.1, 0.15) is 0 Å². The lowest BCUT2D eigenvalue weighted by atomic mass is 9.89. The molecule has 4 nitrogen and oxygen atoms in total. The third kappa shape index (κ3) is 14.6. The van der Waals surface area contributed by atoms with Crippen molar-refractivity contribution in [3.05, 3.63) is 108 Å². The van der Waals surface area contributed by atoms with Crippen LogP contribution in [0, 0.1) is 0 Å². The fourth-order valence-corrected chi connectivity index (χ4v) is 8.52. The highest BCUT2D eigenvalue weighted by molar-refractivity contribution is 8.03.